The predicted octanol–water partition coefficient (Wildman–Crippen LogP) is 5.65. The number of hydrogen-bond acceptors (Lipinski definition) is 3. The number of aromatic nitrogens is 1. The largest absolute Gasteiger partial charge is 0.469 e. The predicted molar refractivity (Wildman–Crippen MR) is 104 cm³/mol. The van der Waals surface area contributed by atoms with Gasteiger partial charge in [-0.25, -0.2) is 0 Å². The first kappa shape index (κ1) is 16.8. The fraction of sp³-hybridized carbons (Fsp3) is 0.235. The molecular weight excluding hydrogens is 445 g/mol. The van der Waals surface area contributed by atoms with Crippen LogP contribution in [-0.2, 0) is 16.0 Å². The number of aromatic amines is 1. The standard InChI is InChI=1S/C17H15ClINO2S/c1-22-16(21)4-2-3-11-12-9-10(19)5-6-13(12)20-17(11)14-7-8-15(18)23-14/h5-9,20H,2-4H2,1H3. The zero-order valence-corrected chi connectivity index (χ0v) is 16.2. The zero-order chi connectivity index (χ0) is 16.4. The van der Waals surface area contributed by atoms with Gasteiger partial charge in [-0.05, 0) is 71.3 Å². The first-order valence-corrected chi connectivity index (χ1v) is 9.48. The molecule has 0 aliphatic carbocycles. The van der Waals surface area contributed by atoms with Crippen LogP contribution in [0, 0.1) is 3.57 Å². The van der Waals surface area contributed by atoms with Gasteiger partial charge in [0.15, 0.2) is 0 Å². The van der Waals surface area contributed by atoms with Crippen LogP contribution in [0.3, 0.4) is 0 Å². The number of rotatable bonds is 5. The molecular formula is C17H15ClINO2S. The number of methoxy groups -OCH3 is 1. The Kier molecular flexibility index (Phi) is 5.28. The van der Waals surface area contributed by atoms with Crippen molar-refractivity contribution in [3.63, 3.8) is 0 Å². The number of aryl methyl sites for hydroxylation is 1. The van der Waals surface area contributed by atoms with Crippen molar-refractivity contribution in [3.05, 3.63) is 43.8 Å². The number of benzene rings is 1. The molecule has 23 heavy (non-hydrogen) atoms. The summed E-state index contributed by atoms with van der Waals surface area (Å²) in [6, 6.07) is 10.3. The molecule has 0 bridgehead atoms. The van der Waals surface area contributed by atoms with Crippen LogP contribution in [0.1, 0.15) is 18.4 Å². The van der Waals surface area contributed by atoms with Crippen molar-refractivity contribution in [1.82, 2.24) is 4.98 Å². The summed E-state index contributed by atoms with van der Waals surface area (Å²) in [5.41, 5.74) is 3.45. The molecule has 2 aromatic heterocycles. The summed E-state index contributed by atoms with van der Waals surface area (Å²) in [6.45, 7) is 0. The third kappa shape index (κ3) is 3.72. The van der Waals surface area contributed by atoms with Gasteiger partial charge < -0.3 is 9.72 Å². The second-order valence-electron chi connectivity index (χ2n) is 5.20. The van der Waals surface area contributed by atoms with Crippen LogP contribution in [0.25, 0.3) is 21.5 Å². The molecule has 0 saturated heterocycles. The topological polar surface area (TPSA) is 42.1 Å². The van der Waals surface area contributed by atoms with Crippen molar-refractivity contribution in [2.24, 2.45) is 0 Å². The summed E-state index contributed by atoms with van der Waals surface area (Å²) in [5.74, 6) is -0.167. The van der Waals surface area contributed by atoms with Crippen molar-refractivity contribution in [2.75, 3.05) is 7.11 Å². The quantitative estimate of drug-likeness (QED) is 0.396. The second kappa shape index (κ2) is 7.23. The molecule has 0 aliphatic heterocycles. The van der Waals surface area contributed by atoms with Crippen LogP contribution in [-0.4, -0.2) is 18.1 Å². The molecule has 0 saturated carbocycles. The fourth-order valence-corrected chi connectivity index (χ4v) is 4.21. The summed E-state index contributed by atoms with van der Waals surface area (Å²) in [6.07, 6.45) is 2.01. The molecule has 3 rings (SSSR count). The van der Waals surface area contributed by atoms with Crippen molar-refractivity contribution in [1.29, 1.82) is 0 Å². The lowest BCUT2D eigenvalue weighted by Crippen LogP contribution is -2.00. The summed E-state index contributed by atoms with van der Waals surface area (Å²) >= 11 is 9.97. The Hall–Kier alpha value is -1.05. The Balaban J connectivity index is 2.00. The maximum absolute atomic E-state index is 11.4. The lowest BCUT2D eigenvalue weighted by molar-refractivity contribution is -0.140. The Bertz CT molecular complexity index is 856. The first-order chi connectivity index (χ1) is 11.1. The van der Waals surface area contributed by atoms with Crippen LogP contribution in [0.2, 0.25) is 4.34 Å². The molecule has 3 aromatic rings. The molecule has 0 amide bonds. The summed E-state index contributed by atoms with van der Waals surface area (Å²) in [5, 5.41) is 1.21. The van der Waals surface area contributed by atoms with Gasteiger partial charge in [-0.2, -0.15) is 0 Å². The third-order valence-corrected chi connectivity index (χ3v) is 5.64. The highest BCUT2D eigenvalue weighted by atomic mass is 127. The molecule has 0 aliphatic rings. The number of carbonyl (C=O) groups excluding carboxylic acids is 1. The maximum atomic E-state index is 11.4. The first-order valence-electron chi connectivity index (χ1n) is 7.21. The van der Waals surface area contributed by atoms with E-state index in [2.05, 4.69) is 45.8 Å². The molecule has 1 N–H and O–H groups in total. The molecule has 2 heterocycles. The number of H-pyrrole nitrogens is 1. The van der Waals surface area contributed by atoms with E-state index < -0.39 is 0 Å². The number of fused-ring (bicyclic) bond motifs is 1. The van der Waals surface area contributed by atoms with Crippen LogP contribution < -0.4 is 0 Å². The van der Waals surface area contributed by atoms with Gasteiger partial charge >= 0.3 is 5.97 Å². The highest BCUT2D eigenvalue weighted by Crippen LogP contribution is 2.37. The molecule has 0 atom stereocenters. The molecule has 1 aromatic carbocycles. The van der Waals surface area contributed by atoms with E-state index in [1.54, 1.807) is 11.3 Å². The normalized spacial score (nSPS) is 11.1. The number of halogens is 2. The third-order valence-electron chi connectivity index (χ3n) is 3.72. The highest BCUT2D eigenvalue weighted by molar-refractivity contribution is 14.1. The van der Waals surface area contributed by atoms with E-state index in [1.165, 1.54) is 21.6 Å². The minimum atomic E-state index is -0.167. The summed E-state index contributed by atoms with van der Waals surface area (Å²) in [7, 11) is 1.43. The van der Waals surface area contributed by atoms with Gasteiger partial charge in [-0.1, -0.05) is 11.6 Å². The van der Waals surface area contributed by atoms with E-state index in [0.717, 1.165) is 33.3 Å². The molecule has 0 unspecified atom stereocenters. The summed E-state index contributed by atoms with van der Waals surface area (Å²) in [4.78, 5) is 16.0. The van der Waals surface area contributed by atoms with Gasteiger partial charge in [0.05, 0.1) is 22.0 Å². The number of carbonyl (C=O) groups is 1. The summed E-state index contributed by atoms with van der Waals surface area (Å²) < 4.78 is 6.70. The maximum Gasteiger partial charge on any atom is 0.305 e. The van der Waals surface area contributed by atoms with Crippen molar-refractivity contribution >= 4 is 62.4 Å². The van der Waals surface area contributed by atoms with Gasteiger partial charge in [-0.3, -0.25) is 4.79 Å². The highest BCUT2D eigenvalue weighted by Gasteiger charge is 2.15. The number of esters is 1. The average molecular weight is 460 g/mol. The zero-order valence-electron chi connectivity index (χ0n) is 12.5. The van der Waals surface area contributed by atoms with E-state index in [4.69, 9.17) is 16.3 Å². The molecule has 6 heteroatoms. The lowest BCUT2D eigenvalue weighted by atomic mass is 10.0. The Labute approximate surface area is 157 Å². The molecule has 0 spiro atoms. The van der Waals surface area contributed by atoms with Crippen LogP contribution in [0.4, 0.5) is 0 Å². The van der Waals surface area contributed by atoms with Crippen LogP contribution in [0.5, 0.6) is 0 Å². The van der Waals surface area contributed by atoms with E-state index in [-0.39, 0.29) is 5.97 Å². The Morgan fingerprint density at radius 1 is 1.35 bits per heavy atom. The SMILES string of the molecule is COC(=O)CCCc1c(-c2ccc(Cl)s2)[nH]c2ccc(I)cc12. The monoisotopic (exact) mass is 459 g/mol. The average Bonchev–Trinajstić information content (AvgIpc) is 3.11. The Morgan fingerprint density at radius 2 is 2.17 bits per heavy atom. The number of hydrogen-bond donors (Lipinski definition) is 1. The minimum Gasteiger partial charge on any atom is -0.469 e. The van der Waals surface area contributed by atoms with Crippen molar-refractivity contribution < 1.29 is 9.53 Å². The molecule has 0 fully saturated rings. The molecule has 0 radical (unpaired) electrons. The van der Waals surface area contributed by atoms with Gasteiger partial charge in [-0.15, -0.1) is 11.3 Å². The number of nitrogens with one attached hydrogen (secondary N) is 1. The van der Waals surface area contributed by atoms with E-state index in [9.17, 15) is 4.79 Å². The van der Waals surface area contributed by atoms with Gasteiger partial charge in [0.25, 0.3) is 0 Å². The lowest BCUT2D eigenvalue weighted by Gasteiger charge is -2.04. The smallest absolute Gasteiger partial charge is 0.305 e. The molecule has 120 valence electrons. The number of ether oxygens (including phenoxy) is 1. The fourth-order valence-electron chi connectivity index (χ4n) is 2.65. The number of thiophene rings is 1. The molecule has 3 nitrogen and oxygen atoms in total. The van der Waals surface area contributed by atoms with E-state index in [1.807, 2.05) is 12.1 Å². The van der Waals surface area contributed by atoms with Crippen molar-refractivity contribution in [2.45, 2.75) is 19.3 Å². The van der Waals surface area contributed by atoms with Gasteiger partial charge in [0.2, 0.25) is 0 Å². The van der Waals surface area contributed by atoms with Crippen LogP contribution >= 0.6 is 45.5 Å². The Morgan fingerprint density at radius 3 is 2.87 bits per heavy atom. The van der Waals surface area contributed by atoms with Crippen LogP contribution in [0.15, 0.2) is 30.3 Å². The van der Waals surface area contributed by atoms with E-state index >= 15 is 0 Å². The second-order valence-corrected chi connectivity index (χ2v) is 8.16. The van der Waals surface area contributed by atoms with Gasteiger partial charge in [0, 0.05) is 20.9 Å². The van der Waals surface area contributed by atoms with Crippen molar-refractivity contribution in [3.8, 4) is 10.6 Å². The van der Waals surface area contributed by atoms with Gasteiger partial charge in [0.1, 0.15) is 0 Å². The minimum absolute atomic E-state index is 0.167. The van der Waals surface area contributed by atoms with E-state index in [0.29, 0.717) is 6.42 Å².